The van der Waals surface area contributed by atoms with E-state index in [9.17, 15) is 4.79 Å². The van der Waals surface area contributed by atoms with Crippen LogP contribution in [0.3, 0.4) is 0 Å². The molecule has 5 nitrogen and oxygen atoms in total. The Morgan fingerprint density at radius 3 is 2.94 bits per heavy atom. The predicted molar refractivity (Wildman–Crippen MR) is 71.1 cm³/mol. The third kappa shape index (κ3) is 1.74. The number of nitrogens with zero attached hydrogens (tertiary/aromatic N) is 2. The van der Waals surface area contributed by atoms with Crippen molar-refractivity contribution in [3.63, 3.8) is 0 Å². The van der Waals surface area contributed by atoms with Crippen LogP contribution >= 0.6 is 11.3 Å². The Labute approximate surface area is 107 Å². The Bertz CT molecular complexity index is 754. The number of aryl methyl sites for hydroxylation is 2. The number of rotatable bonds is 2. The van der Waals surface area contributed by atoms with Crippen LogP contribution < -0.4 is 5.56 Å². The van der Waals surface area contributed by atoms with Crippen LogP contribution in [0.5, 0.6) is 0 Å². The van der Waals surface area contributed by atoms with Gasteiger partial charge in [0.2, 0.25) is 0 Å². The third-order valence-electron chi connectivity index (χ3n) is 3.01. The molecule has 0 aromatic carbocycles. The molecule has 92 valence electrons. The minimum absolute atomic E-state index is 0.0552. The van der Waals surface area contributed by atoms with Crippen molar-refractivity contribution >= 4 is 21.6 Å². The largest absolute Gasteiger partial charge is 0.310 e. The Hall–Kier alpha value is -1.95. The zero-order valence-corrected chi connectivity index (χ0v) is 10.9. The van der Waals surface area contributed by atoms with Crippen LogP contribution in [-0.2, 0) is 6.42 Å². The quantitative estimate of drug-likeness (QED) is 0.739. The fourth-order valence-electron chi connectivity index (χ4n) is 1.95. The third-order valence-corrected chi connectivity index (χ3v) is 4.12. The standard InChI is InChI=1S/C12H12N4OS/c1-6-7(2)18-12-10(6)11(17)15-9(16-12)3-8-4-13-14-5-8/h4-5H,3H2,1-2H3,(H,13,14)(H,15,16,17). The second-order valence-corrected chi connectivity index (χ2v) is 5.46. The van der Waals surface area contributed by atoms with Crippen molar-refractivity contribution in [2.45, 2.75) is 20.3 Å². The number of aromatic nitrogens is 4. The summed E-state index contributed by atoms with van der Waals surface area (Å²) in [6, 6.07) is 0. The van der Waals surface area contributed by atoms with Gasteiger partial charge in [0.1, 0.15) is 10.7 Å². The molecule has 0 spiro atoms. The van der Waals surface area contributed by atoms with Crippen molar-refractivity contribution in [3.8, 4) is 0 Å². The monoisotopic (exact) mass is 260 g/mol. The molecule has 0 aliphatic heterocycles. The van der Waals surface area contributed by atoms with Gasteiger partial charge < -0.3 is 4.98 Å². The van der Waals surface area contributed by atoms with E-state index in [2.05, 4.69) is 20.2 Å². The number of H-pyrrole nitrogens is 2. The molecule has 2 N–H and O–H groups in total. The lowest BCUT2D eigenvalue weighted by atomic mass is 10.2. The summed E-state index contributed by atoms with van der Waals surface area (Å²) in [6.07, 6.45) is 4.11. The van der Waals surface area contributed by atoms with E-state index in [1.165, 1.54) is 0 Å². The van der Waals surface area contributed by atoms with Crippen molar-refractivity contribution in [2.75, 3.05) is 0 Å². The normalized spacial score (nSPS) is 11.2. The van der Waals surface area contributed by atoms with Crippen LogP contribution in [0, 0.1) is 13.8 Å². The number of fused-ring (bicyclic) bond motifs is 1. The van der Waals surface area contributed by atoms with E-state index in [0.717, 1.165) is 20.8 Å². The minimum Gasteiger partial charge on any atom is -0.310 e. The first-order chi connectivity index (χ1) is 8.65. The van der Waals surface area contributed by atoms with E-state index in [-0.39, 0.29) is 5.56 Å². The van der Waals surface area contributed by atoms with Gasteiger partial charge in [0.15, 0.2) is 0 Å². The Morgan fingerprint density at radius 2 is 2.22 bits per heavy atom. The first-order valence-corrected chi connectivity index (χ1v) is 6.43. The van der Waals surface area contributed by atoms with Gasteiger partial charge >= 0.3 is 0 Å². The molecule has 0 unspecified atom stereocenters. The second kappa shape index (κ2) is 4.06. The summed E-state index contributed by atoms with van der Waals surface area (Å²) in [7, 11) is 0. The highest BCUT2D eigenvalue weighted by atomic mass is 32.1. The van der Waals surface area contributed by atoms with Gasteiger partial charge in [-0.05, 0) is 25.0 Å². The van der Waals surface area contributed by atoms with E-state index in [0.29, 0.717) is 17.6 Å². The van der Waals surface area contributed by atoms with E-state index in [4.69, 9.17) is 0 Å². The zero-order chi connectivity index (χ0) is 12.7. The lowest BCUT2D eigenvalue weighted by Gasteiger charge is -1.98. The summed E-state index contributed by atoms with van der Waals surface area (Å²) < 4.78 is 0. The molecule has 0 atom stereocenters. The topological polar surface area (TPSA) is 74.4 Å². The highest BCUT2D eigenvalue weighted by Gasteiger charge is 2.12. The van der Waals surface area contributed by atoms with Gasteiger partial charge in [-0.1, -0.05) is 0 Å². The lowest BCUT2D eigenvalue weighted by Crippen LogP contribution is -2.11. The number of hydrogen-bond acceptors (Lipinski definition) is 4. The van der Waals surface area contributed by atoms with Gasteiger partial charge in [0.05, 0.1) is 11.6 Å². The first-order valence-electron chi connectivity index (χ1n) is 5.61. The Kier molecular flexibility index (Phi) is 2.52. The van der Waals surface area contributed by atoms with E-state index >= 15 is 0 Å². The molecule has 18 heavy (non-hydrogen) atoms. The van der Waals surface area contributed by atoms with Gasteiger partial charge in [0.25, 0.3) is 5.56 Å². The van der Waals surface area contributed by atoms with Gasteiger partial charge in [-0.25, -0.2) is 4.98 Å². The highest BCUT2D eigenvalue weighted by molar-refractivity contribution is 7.18. The summed E-state index contributed by atoms with van der Waals surface area (Å²) in [6.45, 7) is 3.97. The van der Waals surface area contributed by atoms with E-state index in [1.807, 2.05) is 13.8 Å². The molecule has 3 heterocycles. The molecular weight excluding hydrogens is 248 g/mol. The molecule has 0 bridgehead atoms. The van der Waals surface area contributed by atoms with Gasteiger partial charge in [0, 0.05) is 17.5 Å². The molecule has 0 saturated heterocycles. The second-order valence-electron chi connectivity index (χ2n) is 4.26. The van der Waals surface area contributed by atoms with Gasteiger partial charge in [-0.15, -0.1) is 11.3 Å². The summed E-state index contributed by atoms with van der Waals surface area (Å²) >= 11 is 1.57. The molecule has 6 heteroatoms. The maximum absolute atomic E-state index is 12.0. The van der Waals surface area contributed by atoms with Gasteiger partial charge in [-0.3, -0.25) is 9.89 Å². The summed E-state index contributed by atoms with van der Waals surface area (Å²) in [5.74, 6) is 0.676. The van der Waals surface area contributed by atoms with Crippen molar-refractivity contribution < 1.29 is 0 Å². The summed E-state index contributed by atoms with van der Waals surface area (Å²) in [5.41, 5.74) is 1.97. The molecule has 0 amide bonds. The molecule has 3 aromatic heterocycles. The smallest absolute Gasteiger partial charge is 0.259 e. The van der Waals surface area contributed by atoms with E-state index < -0.39 is 0 Å². The molecular formula is C12H12N4OS. The lowest BCUT2D eigenvalue weighted by molar-refractivity contribution is 0.977. The van der Waals surface area contributed by atoms with Crippen molar-refractivity contribution in [1.29, 1.82) is 0 Å². The number of nitrogens with one attached hydrogen (secondary N) is 2. The maximum atomic E-state index is 12.0. The van der Waals surface area contributed by atoms with Crippen LogP contribution in [0.2, 0.25) is 0 Å². The summed E-state index contributed by atoms with van der Waals surface area (Å²) in [4.78, 5) is 21.4. The minimum atomic E-state index is -0.0552. The maximum Gasteiger partial charge on any atom is 0.259 e. The fourth-order valence-corrected chi connectivity index (χ4v) is 3.00. The molecule has 0 saturated carbocycles. The highest BCUT2D eigenvalue weighted by Crippen LogP contribution is 2.25. The van der Waals surface area contributed by atoms with E-state index in [1.54, 1.807) is 23.7 Å². The predicted octanol–water partition coefficient (Wildman–Crippen LogP) is 1.92. The molecule has 3 rings (SSSR count). The van der Waals surface area contributed by atoms with Crippen molar-refractivity contribution in [1.82, 2.24) is 20.2 Å². The van der Waals surface area contributed by atoms with Crippen LogP contribution in [0.15, 0.2) is 17.2 Å². The average molecular weight is 260 g/mol. The van der Waals surface area contributed by atoms with Crippen molar-refractivity contribution in [2.24, 2.45) is 0 Å². The fraction of sp³-hybridized carbons (Fsp3) is 0.250. The van der Waals surface area contributed by atoms with Crippen LogP contribution in [-0.4, -0.2) is 20.2 Å². The average Bonchev–Trinajstić information content (AvgIpc) is 2.89. The molecule has 0 fully saturated rings. The Morgan fingerprint density at radius 1 is 1.39 bits per heavy atom. The molecule has 0 aliphatic carbocycles. The number of thiophene rings is 1. The number of aromatic amines is 2. The van der Waals surface area contributed by atoms with Crippen LogP contribution in [0.4, 0.5) is 0 Å². The zero-order valence-electron chi connectivity index (χ0n) is 10.1. The van der Waals surface area contributed by atoms with Crippen LogP contribution in [0.1, 0.15) is 21.8 Å². The number of hydrogen-bond donors (Lipinski definition) is 2. The van der Waals surface area contributed by atoms with Crippen LogP contribution in [0.25, 0.3) is 10.2 Å². The molecule has 0 radical (unpaired) electrons. The molecule has 0 aliphatic rings. The summed E-state index contributed by atoms with van der Waals surface area (Å²) in [5, 5.41) is 7.34. The Balaban J connectivity index is 2.13. The first kappa shape index (κ1) is 11.2. The van der Waals surface area contributed by atoms with Crippen molar-refractivity contribution in [3.05, 3.63) is 44.6 Å². The molecule has 3 aromatic rings. The van der Waals surface area contributed by atoms with Gasteiger partial charge in [-0.2, -0.15) is 5.10 Å². The SMILES string of the molecule is Cc1sc2nc(Cc3cn[nH]c3)[nH]c(=O)c2c1C.